The highest BCUT2D eigenvalue weighted by Crippen LogP contribution is 2.30. The number of halogens is 1. The van der Waals surface area contributed by atoms with Gasteiger partial charge in [0.25, 0.3) is 5.91 Å². The summed E-state index contributed by atoms with van der Waals surface area (Å²) < 4.78 is 6.77. The van der Waals surface area contributed by atoms with Gasteiger partial charge in [0.05, 0.1) is 25.4 Å². The number of H-pyrrole nitrogens is 1. The summed E-state index contributed by atoms with van der Waals surface area (Å²) in [6.07, 6.45) is 4.91. The Bertz CT molecular complexity index is 1150. The molecule has 2 aromatic carbocycles. The van der Waals surface area contributed by atoms with Crippen LogP contribution in [0.25, 0.3) is 10.9 Å². The van der Waals surface area contributed by atoms with Crippen LogP contribution < -0.4 is 4.74 Å². The molecule has 0 saturated carbocycles. The second-order valence-electron chi connectivity index (χ2n) is 6.43. The van der Waals surface area contributed by atoms with Crippen LogP contribution in [0.5, 0.6) is 5.75 Å². The number of benzene rings is 2. The van der Waals surface area contributed by atoms with Crippen LogP contribution in [0.15, 0.2) is 61.2 Å². The van der Waals surface area contributed by atoms with Gasteiger partial charge in [0.15, 0.2) is 0 Å². The van der Waals surface area contributed by atoms with Crippen molar-refractivity contribution in [2.24, 2.45) is 0 Å². The van der Waals surface area contributed by atoms with E-state index < -0.39 is 5.97 Å². The minimum atomic E-state index is -0.955. The number of fused-ring (bicyclic) bond motifs is 1. The summed E-state index contributed by atoms with van der Waals surface area (Å²) in [5.74, 6) is -0.583. The maximum Gasteiger partial charge on any atom is 0.307 e. The fraction of sp³-hybridized carbons (Fsp3) is 0.136. The molecular formula is C22H20ClN3O4. The molecule has 154 valence electrons. The molecule has 0 aliphatic heterocycles. The van der Waals surface area contributed by atoms with Crippen molar-refractivity contribution in [2.45, 2.75) is 13.3 Å². The minimum Gasteiger partial charge on any atom is -0.497 e. The number of aromatic amines is 1. The van der Waals surface area contributed by atoms with E-state index in [9.17, 15) is 14.7 Å². The summed E-state index contributed by atoms with van der Waals surface area (Å²) in [4.78, 5) is 30.7. The summed E-state index contributed by atoms with van der Waals surface area (Å²) in [6.45, 7) is 1.75. The Morgan fingerprint density at radius 1 is 1.20 bits per heavy atom. The maximum atomic E-state index is 13.0. The van der Waals surface area contributed by atoms with Crippen LogP contribution in [0.4, 0.5) is 0 Å². The fourth-order valence-electron chi connectivity index (χ4n) is 3.16. The zero-order valence-corrected chi connectivity index (χ0v) is 17.2. The molecule has 2 N–H and O–H groups in total. The van der Waals surface area contributed by atoms with Crippen LogP contribution in [-0.2, 0) is 11.2 Å². The van der Waals surface area contributed by atoms with Gasteiger partial charge in [0, 0.05) is 34.1 Å². The van der Waals surface area contributed by atoms with Crippen LogP contribution in [0.2, 0.25) is 5.02 Å². The average molecular weight is 426 g/mol. The van der Waals surface area contributed by atoms with Gasteiger partial charge in [-0.1, -0.05) is 11.6 Å². The number of imidazole rings is 1. The molecule has 0 amide bonds. The van der Waals surface area contributed by atoms with Crippen LogP contribution in [0, 0.1) is 6.92 Å². The number of carbonyl (C=O) groups excluding carboxylic acids is 1. The van der Waals surface area contributed by atoms with E-state index in [0.29, 0.717) is 38.5 Å². The van der Waals surface area contributed by atoms with E-state index >= 15 is 0 Å². The van der Waals surface area contributed by atoms with Gasteiger partial charge < -0.3 is 14.8 Å². The Morgan fingerprint density at radius 3 is 2.47 bits per heavy atom. The molecule has 0 radical (unpaired) electrons. The van der Waals surface area contributed by atoms with Crippen molar-refractivity contribution in [2.75, 3.05) is 7.11 Å². The number of carboxylic acids is 1. The first kappa shape index (κ1) is 21.1. The lowest BCUT2D eigenvalue weighted by Gasteiger charge is -2.08. The summed E-state index contributed by atoms with van der Waals surface area (Å²) in [7, 11) is 1.54. The van der Waals surface area contributed by atoms with E-state index in [1.165, 1.54) is 4.57 Å². The van der Waals surface area contributed by atoms with Gasteiger partial charge in [0.1, 0.15) is 5.75 Å². The van der Waals surface area contributed by atoms with Crippen LogP contribution in [-0.4, -0.2) is 38.6 Å². The lowest BCUT2D eigenvalue weighted by molar-refractivity contribution is -0.136. The fourth-order valence-corrected chi connectivity index (χ4v) is 3.29. The van der Waals surface area contributed by atoms with Crippen molar-refractivity contribution in [3.8, 4) is 5.75 Å². The number of carboxylic acid groups (broad SMARTS) is 1. The van der Waals surface area contributed by atoms with Crippen molar-refractivity contribution in [1.29, 1.82) is 0 Å². The van der Waals surface area contributed by atoms with Crippen molar-refractivity contribution in [1.82, 2.24) is 14.5 Å². The molecule has 30 heavy (non-hydrogen) atoms. The second kappa shape index (κ2) is 9.28. The van der Waals surface area contributed by atoms with Crippen molar-refractivity contribution >= 4 is 34.4 Å². The van der Waals surface area contributed by atoms with E-state index in [1.54, 1.807) is 75.2 Å². The molecule has 0 aliphatic rings. The Hall–Kier alpha value is -3.58. The largest absolute Gasteiger partial charge is 0.497 e. The van der Waals surface area contributed by atoms with Crippen LogP contribution in [0.1, 0.15) is 21.6 Å². The first-order chi connectivity index (χ1) is 14.4. The van der Waals surface area contributed by atoms with Gasteiger partial charge in [-0.15, -0.1) is 0 Å². The summed E-state index contributed by atoms with van der Waals surface area (Å²) in [5.41, 5.74) is 2.32. The molecule has 7 nitrogen and oxygen atoms in total. The lowest BCUT2D eigenvalue weighted by Crippen LogP contribution is -2.14. The minimum absolute atomic E-state index is 0.170. The third kappa shape index (κ3) is 4.52. The van der Waals surface area contributed by atoms with Gasteiger partial charge >= 0.3 is 5.97 Å². The predicted molar refractivity (Wildman–Crippen MR) is 114 cm³/mol. The standard InChI is InChI=1S/C19H16ClNO4.C3H4N2/c1-11-15(10-18(22)23)16-9-14(25-2)7-8-17(16)21(11)19(24)12-3-5-13(20)6-4-12;1-2-5-3-4-1/h3-9H,10H2,1-2H3,(H,22,23);1-3H,(H,4,5). The summed E-state index contributed by atoms with van der Waals surface area (Å²) in [5, 5.41) is 10.5. The highest BCUT2D eigenvalue weighted by Gasteiger charge is 2.21. The first-order valence-electron chi connectivity index (χ1n) is 9.05. The van der Waals surface area contributed by atoms with Crippen LogP contribution >= 0.6 is 11.6 Å². The molecule has 0 unspecified atom stereocenters. The number of aromatic nitrogens is 3. The van der Waals surface area contributed by atoms with Crippen LogP contribution in [0.3, 0.4) is 0 Å². The summed E-state index contributed by atoms with van der Waals surface area (Å²) >= 11 is 5.89. The quantitative estimate of drug-likeness (QED) is 0.507. The van der Waals surface area contributed by atoms with E-state index in [2.05, 4.69) is 9.97 Å². The molecule has 0 saturated heterocycles. The number of ether oxygens (including phenoxy) is 1. The molecule has 0 atom stereocenters. The van der Waals surface area contributed by atoms with E-state index in [0.717, 1.165) is 0 Å². The maximum absolute atomic E-state index is 13.0. The van der Waals surface area contributed by atoms with E-state index in [1.807, 2.05) is 0 Å². The van der Waals surface area contributed by atoms with Gasteiger partial charge in [-0.2, -0.15) is 0 Å². The number of nitrogens with zero attached hydrogens (tertiary/aromatic N) is 2. The Kier molecular flexibility index (Phi) is 6.54. The molecule has 0 bridgehead atoms. The highest BCUT2D eigenvalue weighted by molar-refractivity contribution is 6.30. The molecule has 2 aromatic heterocycles. The number of carbonyl (C=O) groups is 2. The normalized spacial score (nSPS) is 10.4. The number of hydrogen-bond donors (Lipinski definition) is 2. The third-order valence-electron chi connectivity index (χ3n) is 4.57. The van der Waals surface area contributed by atoms with E-state index in [-0.39, 0.29) is 12.3 Å². The molecule has 4 rings (SSSR count). The van der Waals surface area contributed by atoms with Gasteiger partial charge in [-0.3, -0.25) is 14.2 Å². The number of aliphatic carboxylic acids is 1. The van der Waals surface area contributed by atoms with Crippen molar-refractivity contribution in [3.63, 3.8) is 0 Å². The summed E-state index contributed by atoms with van der Waals surface area (Å²) in [6, 6.07) is 11.9. The Balaban J connectivity index is 0.000000448. The van der Waals surface area contributed by atoms with Gasteiger partial charge in [-0.05, 0) is 55.0 Å². The molecular weight excluding hydrogens is 406 g/mol. The SMILES string of the molecule is COc1ccc2c(c1)c(CC(=O)O)c(C)n2C(=O)c1ccc(Cl)cc1.c1c[nH]cn1. The monoisotopic (exact) mass is 425 g/mol. The smallest absolute Gasteiger partial charge is 0.307 e. The van der Waals surface area contributed by atoms with Gasteiger partial charge in [0.2, 0.25) is 0 Å². The molecule has 8 heteroatoms. The van der Waals surface area contributed by atoms with Gasteiger partial charge in [-0.25, -0.2) is 4.98 Å². The lowest BCUT2D eigenvalue weighted by atomic mass is 10.1. The molecule has 0 spiro atoms. The van der Waals surface area contributed by atoms with Crippen molar-refractivity contribution < 1.29 is 19.4 Å². The first-order valence-corrected chi connectivity index (χ1v) is 9.43. The molecule has 2 heterocycles. The number of methoxy groups -OCH3 is 1. The third-order valence-corrected chi connectivity index (χ3v) is 4.82. The number of hydrogen-bond acceptors (Lipinski definition) is 4. The molecule has 4 aromatic rings. The van der Waals surface area contributed by atoms with Crippen molar-refractivity contribution in [3.05, 3.63) is 83.0 Å². The second-order valence-corrected chi connectivity index (χ2v) is 6.86. The zero-order chi connectivity index (χ0) is 21.7. The number of nitrogens with one attached hydrogen (secondary N) is 1. The molecule has 0 aliphatic carbocycles. The highest BCUT2D eigenvalue weighted by atomic mass is 35.5. The molecule has 0 fully saturated rings. The van der Waals surface area contributed by atoms with E-state index in [4.69, 9.17) is 16.3 Å². The Morgan fingerprint density at radius 2 is 1.93 bits per heavy atom. The topological polar surface area (TPSA) is 97.2 Å². The predicted octanol–water partition coefficient (Wildman–Crippen LogP) is 4.34. The Labute approximate surface area is 177 Å². The average Bonchev–Trinajstić information content (AvgIpc) is 3.39. The zero-order valence-electron chi connectivity index (χ0n) is 16.4. The number of rotatable bonds is 4.